The van der Waals surface area contributed by atoms with Gasteiger partial charge in [-0.25, -0.2) is 0 Å². The second-order valence-electron chi connectivity index (χ2n) is 7.06. The predicted octanol–water partition coefficient (Wildman–Crippen LogP) is 4.54. The topological polar surface area (TPSA) is 40.6 Å². The van der Waals surface area contributed by atoms with Crippen LogP contribution >= 0.6 is 27.5 Å². The highest BCUT2D eigenvalue weighted by molar-refractivity contribution is 9.10. The third kappa shape index (κ3) is 3.63. The maximum Gasteiger partial charge on any atom is 0.255 e. The average molecular weight is 448 g/mol. The molecule has 140 valence electrons. The molecule has 4 rings (SSSR count). The van der Waals surface area contributed by atoms with E-state index in [9.17, 15) is 9.59 Å². The van der Waals surface area contributed by atoms with Crippen LogP contribution < -0.4 is 4.90 Å². The first-order chi connectivity index (χ1) is 13.0. The molecule has 0 unspecified atom stereocenters. The van der Waals surface area contributed by atoms with E-state index in [0.29, 0.717) is 36.5 Å². The highest BCUT2D eigenvalue weighted by Crippen LogP contribution is 2.31. The highest BCUT2D eigenvalue weighted by Gasteiger charge is 2.33. The van der Waals surface area contributed by atoms with Crippen molar-refractivity contribution in [2.45, 2.75) is 19.3 Å². The Morgan fingerprint density at radius 1 is 1.04 bits per heavy atom. The third-order valence-electron chi connectivity index (χ3n) is 5.44. The number of carbonyl (C=O) groups is 2. The van der Waals surface area contributed by atoms with Crippen LogP contribution in [0.25, 0.3) is 0 Å². The summed E-state index contributed by atoms with van der Waals surface area (Å²) in [5, 5.41) is 0.541. The molecular weight excluding hydrogens is 428 g/mol. The van der Waals surface area contributed by atoms with Gasteiger partial charge in [-0.2, -0.15) is 0 Å². The molecule has 0 spiro atoms. The molecule has 0 bridgehead atoms. The van der Waals surface area contributed by atoms with Gasteiger partial charge in [0.05, 0.1) is 5.56 Å². The van der Waals surface area contributed by atoms with Gasteiger partial charge >= 0.3 is 0 Å². The van der Waals surface area contributed by atoms with Crippen molar-refractivity contribution >= 4 is 45.0 Å². The lowest BCUT2D eigenvalue weighted by Crippen LogP contribution is -2.44. The van der Waals surface area contributed by atoms with Crippen LogP contribution in [-0.2, 0) is 11.2 Å². The van der Waals surface area contributed by atoms with E-state index in [2.05, 4.69) is 22.0 Å². The first kappa shape index (κ1) is 18.5. The number of nitrogens with zero attached hydrogens (tertiary/aromatic N) is 2. The summed E-state index contributed by atoms with van der Waals surface area (Å²) in [5.41, 5.74) is 2.86. The smallest absolute Gasteiger partial charge is 0.255 e. The van der Waals surface area contributed by atoms with Crippen LogP contribution in [0.3, 0.4) is 0 Å². The Morgan fingerprint density at radius 2 is 1.78 bits per heavy atom. The quantitative estimate of drug-likeness (QED) is 0.678. The van der Waals surface area contributed by atoms with E-state index in [4.69, 9.17) is 11.6 Å². The maximum absolute atomic E-state index is 13.0. The van der Waals surface area contributed by atoms with E-state index in [0.717, 1.165) is 23.1 Å². The van der Waals surface area contributed by atoms with Gasteiger partial charge in [-0.05, 0) is 65.0 Å². The summed E-state index contributed by atoms with van der Waals surface area (Å²) in [6, 6.07) is 13.3. The minimum Gasteiger partial charge on any atom is -0.339 e. The summed E-state index contributed by atoms with van der Waals surface area (Å²) in [6.45, 7) is 1.93. The lowest BCUT2D eigenvalue weighted by atomic mass is 9.94. The molecule has 27 heavy (non-hydrogen) atoms. The van der Waals surface area contributed by atoms with Crippen molar-refractivity contribution < 1.29 is 9.59 Å². The molecule has 2 amide bonds. The standard InChI is InChI=1S/C21H20BrClN2O2/c22-18-6-5-16(23)13-17(18)21(27)24-10-7-15(8-11-24)20(26)25-12-9-14-3-1-2-4-19(14)25/h1-6,13,15H,7-12H2. The fraction of sp³-hybridized carbons (Fsp3) is 0.333. The van der Waals surface area contributed by atoms with E-state index in [1.165, 1.54) is 5.56 Å². The highest BCUT2D eigenvalue weighted by atomic mass is 79.9. The van der Waals surface area contributed by atoms with Crippen molar-refractivity contribution in [3.8, 4) is 0 Å². The van der Waals surface area contributed by atoms with E-state index >= 15 is 0 Å². The number of piperidine rings is 1. The number of para-hydroxylation sites is 1. The molecule has 2 aromatic carbocycles. The normalized spacial score (nSPS) is 17.1. The number of carbonyl (C=O) groups excluding carboxylic acids is 2. The molecule has 2 aliphatic heterocycles. The van der Waals surface area contributed by atoms with Crippen molar-refractivity contribution in [2.24, 2.45) is 5.92 Å². The largest absolute Gasteiger partial charge is 0.339 e. The first-order valence-electron chi connectivity index (χ1n) is 9.18. The molecule has 1 fully saturated rings. The van der Waals surface area contributed by atoms with Gasteiger partial charge in [0.2, 0.25) is 5.91 Å². The average Bonchev–Trinajstić information content (AvgIpc) is 3.13. The second kappa shape index (κ2) is 7.64. The summed E-state index contributed by atoms with van der Waals surface area (Å²) in [5.74, 6) is 0.126. The zero-order valence-electron chi connectivity index (χ0n) is 14.8. The molecule has 2 heterocycles. The number of amides is 2. The number of hydrogen-bond donors (Lipinski definition) is 0. The number of benzene rings is 2. The Balaban J connectivity index is 1.41. The lowest BCUT2D eigenvalue weighted by Gasteiger charge is -2.33. The van der Waals surface area contributed by atoms with E-state index < -0.39 is 0 Å². The number of fused-ring (bicyclic) bond motifs is 1. The Hall–Kier alpha value is -1.85. The Bertz CT molecular complexity index is 894. The maximum atomic E-state index is 13.0. The van der Waals surface area contributed by atoms with Crippen LogP contribution in [0.1, 0.15) is 28.8 Å². The molecule has 0 N–H and O–H groups in total. The number of halogens is 2. The van der Waals surface area contributed by atoms with Crippen molar-refractivity contribution in [2.75, 3.05) is 24.5 Å². The van der Waals surface area contributed by atoms with Gasteiger partial charge < -0.3 is 9.80 Å². The van der Waals surface area contributed by atoms with Gasteiger partial charge in [-0.15, -0.1) is 0 Å². The van der Waals surface area contributed by atoms with Crippen LogP contribution in [0.15, 0.2) is 46.9 Å². The molecule has 2 aliphatic rings. The monoisotopic (exact) mass is 446 g/mol. The Kier molecular flexibility index (Phi) is 5.24. The summed E-state index contributed by atoms with van der Waals surface area (Å²) < 4.78 is 0.740. The number of hydrogen-bond acceptors (Lipinski definition) is 2. The van der Waals surface area contributed by atoms with Gasteiger partial charge in [-0.3, -0.25) is 9.59 Å². The molecule has 4 nitrogen and oxygen atoms in total. The zero-order valence-corrected chi connectivity index (χ0v) is 17.2. The van der Waals surface area contributed by atoms with Crippen molar-refractivity contribution in [1.82, 2.24) is 4.90 Å². The minimum absolute atomic E-state index is 0.0250. The van der Waals surface area contributed by atoms with Gasteiger partial charge in [-0.1, -0.05) is 29.8 Å². The molecule has 2 aromatic rings. The van der Waals surface area contributed by atoms with E-state index in [-0.39, 0.29) is 17.7 Å². The van der Waals surface area contributed by atoms with Crippen LogP contribution in [0.5, 0.6) is 0 Å². The molecule has 1 saturated heterocycles. The van der Waals surface area contributed by atoms with Crippen LogP contribution in [0.2, 0.25) is 5.02 Å². The second-order valence-corrected chi connectivity index (χ2v) is 8.35. The number of rotatable bonds is 2. The SMILES string of the molecule is O=C(c1cc(Cl)ccc1Br)N1CCC(C(=O)N2CCc3ccccc32)CC1. The summed E-state index contributed by atoms with van der Waals surface area (Å²) in [7, 11) is 0. The summed E-state index contributed by atoms with van der Waals surface area (Å²) >= 11 is 9.46. The van der Waals surface area contributed by atoms with E-state index in [1.807, 2.05) is 28.0 Å². The van der Waals surface area contributed by atoms with Gasteiger partial charge in [0.15, 0.2) is 0 Å². The molecule has 0 radical (unpaired) electrons. The zero-order chi connectivity index (χ0) is 19.0. The molecule has 6 heteroatoms. The number of anilines is 1. The van der Waals surface area contributed by atoms with E-state index in [1.54, 1.807) is 18.2 Å². The third-order valence-corrected chi connectivity index (χ3v) is 6.37. The van der Waals surface area contributed by atoms with Crippen LogP contribution in [0.4, 0.5) is 5.69 Å². The predicted molar refractivity (Wildman–Crippen MR) is 110 cm³/mol. The first-order valence-corrected chi connectivity index (χ1v) is 10.4. The van der Waals surface area contributed by atoms with Crippen molar-refractivity contribution in [1.29, 1.82) is 0 Å². The van der Waals surface area contributed by atoms with Crippen molar-refractivity contribution in [3.05, 3.63) is 63.1 Å². The molecule has 0 atom stereocenters. The Morgan fingerprint density at radius 3 is 2.56 bits per heavy atom. The van der Waals surface area contributed by atoms with Crippen molar-refractivity contribution in [3.63, 3.8) is 0 Å². The summed E-state index contributed by atoms with van der Waals surface area (Å²) in [4.78, 5) is 29.6. The molecule has 0 aromatic heterocycles. The lowest BCUT2D eigenvalue weighted by molar-refractivity contribution is -0.123. The fourth-order valence-electron chi connectivity index (χ4n) is 3.95. The van der Waals surface area contributed by atoms with Crippen LogP contribution in [0, 0.1) is 5.92 Å². The molecule has 0 saturated carbocycles. The molecule has 0 aliphatic carbocycles. The van der Waals surface area contributed by atoms with Gasteiger partial charge in [0.25, 0.3) is 5.91 Å². The Labute approximate surface area is 172 Å². The molecular formula is C21H20BrClN2O2. The number of likely N-dealkylation sites (tertiary alicyclic amines) is 1. The minimum atomic E-state index is -0.0400. The fourth-order valence-corrected chi connectivity index (χ4v) is 4.54. The van der Waals surface area contributed by atoms with Crippen LogP contribution in [-0.4, -0.2) is 36.3 Å². The van der Waals surface area contributed by atoms with Gasteiger partial charge in [0, 0.05) is 40.7 Å². The van der Waals surface area contributed by atoms with Gasteiger partial charge in [0.1, 0.15) is 0 Å². The summed E-state index contributed by atoms with van der Waals surface area (Å²) in [6.07, 6.45) is 2.31.